The fourth-order valence-electron chi connectivity index (χ4n) is 2.46. The Hall–Kier alpha value is -1.17. The van der Waals surface area contributed by atoms with E-state index in [-0.39, 0.29) is 0 Å². The van der Waals surface area contributed by atoms with E-state index in [1.807, 2.05) is 34.4 Å². The van der Waals surface area contributed by atoms with Crippen LogP contribution in [0.25, 0.3) is 5.69 Å². The first-order chi connectivity index (χ1) is 9.65. The molecule has 0 aliphatic carbocycles. The number of nitrogens with zero attached hydrogens (tertiary/aromatic N) is 4. The third kappa shape index (κ3) is 2.66. The third-order valence-corrected chi connectivity index (χ3v) is 4.51. The van der Waals surface area contributed by atoms with Gasteiger partial charge in [0.05, 0.1) is 12.4 Å². The topological polar surface area (TPSA) is 26.0 Å². The molecule has 0 atom stereocenters. The van der Waals surface area contributed by atoms with E-state index in [1.165, 1.54) is 12.8 Å². The minimum absolute atomic E-state index is 0.705. The predicted octanol–water partition coefficient (Wildman–Crippen LogP) is 3.42. The Morgan fingerprint density at radius 2 is 2.05 bits per heavy atom. The molecule has 0 bridgehead atoms. The van der Waals surface area contributed by atoms with E-state index in [0.29, 0.717) is 4.77 Å². The molecule has 6 heteroatoms. The minimum Gasteiger partial charge on any atom is -0.284 e. The second-order valence-corrected chi connectivity index (χ2v) is 5.96. The summed E-state index contributed by atoms with van der Waals surface area (Å²) in [5.74, 6) is 0. The van der Waals surface area contributed by atoms with E-state index in [2.05, 4.69) is 10.00 Å². The lowest BCUT2D eigenvalue weighted by molar-refractivity contribution is 0.253. The van der Waals surface area contributed by atoms with Crippen molar-refractivity contribution in [2.45, 2.75) is 26.4 Å². The molecular formula is C14H17ClN4S. The number of benzene rings is 1. The van der Waals surface area contributed by atoms with E-state index in [0.717, 1.165) is 36.0 Å². The quantitative estimate of drug-likeness (QED) is 0.813. The summed E-state index contributed by atoms with van der Waals surface area (Å²) in [6.07, 6.45) is 4.29. The fourth-order valence-corrected chi connectivity index (χ4v) is 2.89. The first-order valence-electron chi connectivity index (χ1n) is 6.78. The zero-order valence-corrected chi connectivity index (χ0v) is 13.0. The molecule has 106 valence electrons. The van der Waals surface area contributed by atoms with Crippen molar-refractivity contribution in [1.82, 2.24) is 19.2 Å². The second kappa shape index (κ2) is 5.68. The molecule has 0 spiro atoms. The van der Waals surface area contributed by atoms with Crippen LogP contribution in [0.5, 0.6) is 0 Å². The molecule has 0 N–H and O–H groups in total. The van der Waals surface area contributed by atoms with E-state index >= 15 is 0 Å². The van der Waals surface area contributed by atoms with Crippen molar-refractivity contribution >= 4 is 23.8 Å². The zero-order chi connectivity index (χ0) is 14.1. The van der Waals surface area contributed by atoms with Crippen molar-refractivity contribution < 1.29 is 0 Å². The highest BCUT2D eigenvalue weighted by molar-refractivity contribution is 7.71. The summed E-state index contributed by atoms with van der Waals surface area (Å²) in [5.41, 5.74) is 2.02. The average molecular weight is 309 g/mol. The van der Waals surface area contributed by atoms with Gasteiger partial charge in [-0.05, 0) is 62.8 Å². The Morgan fingerprint density at radius 3 is 2.75 bits per heavy atom. The highest BCUT2D eigenvalue weighted by Crippen LogP contribution is 2.20. The van der Waals surface area contributed by atoms with Crippen LogP contribution in [-0.4, -0.2) is 32.3 Å². The van der Waals surface area contributed by atoms with Gasteiger partial charge in [-0.1, -0.05) is 17.7 Å². The van der Waals surface area contributed by atoms with Gasteiger partial charge in [-0.2, -0.15) is 5.10 Å². The SMILES string of the molecule is Cc1ccc(-n2cnn(CN3CCCC3)c2=S)cc1Cl. The average Bonchev–Trinajstić information content (AvgIpc) is 3.05. The van der Waals surface area contributed by atoms with E-state index in [4.69, 9.17) is 23.8 Å². The van der Waals surface area contributed by atoms with Crippen molar-refractivity contribution in [3.8, 4) is 5.69 Å². The van der Waals surface area contributed by atoms with Gasteiger partial charge in [-0.25, -0.2) is 4.68 Å². The molecule has 1 fully saturated rings. The molecular weight excluding hydrogens is 292 g/mol. The molecule has 1 aromatic carbocycles. The normalized spacial score (nSPS) is 15.9. The van der Waals surface area contributed by atoms with Crippen LogP contribution in [0.15, 0.2) is 24.5 Å². The molecule has 0 saturated carbocycles. The lowest BCUT2D eigenvalue weighted by Crippen LogP contribution is -2.23. The van der Waals surface area contributed by atoms with Crippen LogP contribution < -0.4 is 0 Å². The number of hydrogen-bond donors (Lipinski definition) is 0. The van der Waals surface area contributed by atoms with Gasteiger partial charge in [0.15, 0.2) is 0 Å². The van der Waals surface area contributed by atoms with E-state index in [1.54, 1.807) is 6.33 Å². The van der Waals surface area contributed by atoms with Crippen LogP contribution in [0.4, 0.5) is 0 Å². The summed E-state index contributed by atoms with van der Waals surface area (Å²) in [6, 6.07) is 5.94. The summed E-state index contributed by atoms with van der Waals surface area (Å²) < 4.78 is 4.47. The molecule has 2 aromatic rings. The second-order valence-electron chi connectivity index (χ2n) is 5.18. The van der Waals surface area contributed by atoms with Crippen LogP contribution >= 0.6 is 23.8 Å². The molecule has 1 aliphatic heterocycles. The van der Waals surface area contributed by atoms with Gasteiger partial charge in [0.1, 0.15) is 6.33 Å². The van der Waals surface area contributed by atoms with Gasteiger partial charge in [0.2, 0.25) is 4.77 Å². The Bertz CT molecular complexity index is 670. The smallest absolute Gasteiger partial charge is 0.203 e. The van der Waals surface area contributed by atoms with Crippen molar-refractivity contribution in [2.75, 3.05) is 13.1 Å². The lowest BCUT2D eigenvalue weighted by atomic mass is 10.2. The van der Waals surface area contributed by atoms with Gasteiger partial charge >= 0.3 is 0 Å². The predicted molar refractivity (Wildman–Crippen MR) is 82.9 cm³/mol. The van der Waals surface area contributed by atoms with Crippen LogP contribution in [0, 0.1) is 11.7 Å². The van der Waals surface area contributed by atoms with Gasteiger partial charge in [-0.15, -0.1) is 0 Å². The first kappa shape index (κ1) is 13.8. The Balaban J connectivity index is 1.89. The summed E-state index contributed by atoms with van der Waals surface area (Å²) in [4.78, 5) is 2.37. The molecule has 1 saturated heterocycles. The summed E-state index contributed by atoms with van der Waals surface area (Å²) >= 11 is 11.7. The molecule has 3 rings (SSSR count). The van der Waals surface area contributed by atoms with Crippen LogP contribution in [0.2, 0.25) is 5.02 Å². The number of aryl methyl sites for hydroxylation is 1. The molecule has 0 unspecified atom stereocenters. The van der Waals surface area contributed by atoms with Crippen molar-refractivity contribution in [1.29, 1.82) is 0 Å². The molecule has 0 amide bonds. The summed E-state index contributed by atoms with van der Waals surface area (Å²) in [5, 5.41) is 5.15. The fraction of sp³-hybridized carbons (Fsp3) is 0.429. The highest BCUT2D eigenvalue weighted by Gasteiger charge is 2.13. The molecule has 2 heterocycles. The van der Waals surface area contributed by atoms with Crippen LogP contribution in [0.1, 0.15) is 18.4 Å². The molecule has 20 heavy (non-hydrogen) atoms. The van der Waals surface area contributed by atoms with Crippen molar-refractivity contribution in [3.63, 3.8) is 0 Å². The van der Waals surface area contributed by atoms with Gasteiger partial charge in [0, 0.05) is 5.02 Å². The monoisotopic (exact) mass is 308 g/mol. The standard InChI is InChI=1S/C14H17ClN4S/c1-11-4-5-12(8-13(11)15)18-9-16-19(14(18)20)10-17-6-2-3-7-17/h4-5,8-9H,2-3,6-7,10H2,1H3. The molecule has 0 radical (unpaired) electrons. The Labute approximate surface area is 128 Å². The Morgan fingerprint density at radius 1 is 1.30 bits per heavy atom. The molecule has 1 aromatic heterocycles. The van der Waals surface area contributed by atoms with E-state index < -0.39 is 0 Å². The van der Waals surface area contributed by atoms with Crippen LogP contribution in [0.3, 0.4) is 0 Å². The van der Waals surface area contributed by atoms with Gasteiger partial charge in [-0.3, -0.25) is 9.47 Å². The van der Waals surface area contributed by atoms with E-state index in [9.17, 15) is 0 Å². The number of aromatic nitrogens is 3. The molecule has 1 aliphatic rings. The van der Waals surface area contributed by atoms with Crippen molar-refractivity contribution in [2.24, 2.45) is 0 Å². The minimum atomic E-state index is 0.705. The summed E-state index contributed by atoms with van der Waals surface area (Å²) in [6.45, 7) is 5.02. The van der Waals surface area contributed by atoms with Crippen molar-refractivity contribution in [3.05, 3.63) is 39.9 Å². The maximum atomic E-state index is 6.18. The number of rotatable bonds is 3. The van der Waals surface area contributed by atoms with Gasteiger partial charge in [0.25, 0.3) is 0 Å². The summed E-state index contributed by atoms with van der Waals surface area (Å²) in [7, 11) is 0. The number of likely N-dealkylation sites (tertiary alicyclic amines) is 1. The van der Waals surface area contributed by atoms with Gasteiger partial charge < -0.3 is 0 Å². The first-order valence-corrected chi connectivity index (χ1v) is 7.57. The lowest BCUT2D eigenvalue weighted by Gasteiger charge is -2.13. The Kier molecular flexibility index (Phi) is 3.92. The maximum absolute atomic E-state index is 6.18. The number of halogens is 1. The number of hydrogen-bond acceptors (Lipinski definition) is 3. The molecule has 4 nitrogen and oxygen atoms in total. The highest BCUT2D eigenvalue weighted by atomic mass is 35.5. The maximum Gasteiger partial charge on any atom is 0.203 e. The van der Waals surface area contributed by atoms with Crippen LogP contribution in [-0.2, 0) is 6.67 Å². The third-order valence-electron chi connectivity index (χ3n) is 3.70. The zero-order valence-electron chi connectivity index (χ0n) is 11.4. The largest absolute Gasteiger partial charge is 0.284 e.